The number of aliphatic carboxylic acids is 1. The van der Waals surface area contributed by atoms with Crippen molar-refractivity contribution in [2.75, 3.05) is 0 Å². The molecule has 0 aliphatic heterocycles. The molecule has 1 saturated carbocycles. The average molecular weight is 262 g/mol. The van der Waals surface area contributed by atoms with Gasteiger partial charge in [0, 0.05) is 11.7 Å². The van der Waals surface area contributed by atoms with Crippen molar-refractivity contribution in [1.29, 1.82) is 0 Å². The minimum absolute atomic E-state index is 0.0469. The van der Waals surface area contributed by atoms with Gasteiger partial charge in [0.1, 0.15) is 0 Å². The molecule has 0 spiro atoms. The molecule has 5 nitrogen and oxygen atoms in total. The molecule has 0 bridgehead atoms. The van der Waals surface area contributed by atoms with E-state index in [4.69, 9.17) is 5.11 Å². The fraction of sp³-hybridized carbons (Fsp3) is 0.500. The molecule has 2 rings (SSSR count). The van der Waals surface area contributed by atoms with Crippen molar-refractivity contribution < 1.29 is 14.7 Å². The fourth-order valence-electron chi connectivity index (χ4n) is 2.53. The molecule has 0 saturated heterocycles. The molecular weight excluding hydrogens is 244 g/mol. The molecule has 1 aliphatic rings. The number of nitrogens with zero attached hydrogens (tertiary/aromatic N) is 1. The summed E-state index contributed by atoms with van der Waals surface area (Å²) in [6, 6.07) is 3.52. The Labute approximate surface area is 112 Å². The van der Waals surface area contributed by atoms with E-state index in [2.05, 4.69) is 10.3 Å². The Bertz CT molecular complexity index is 513. The van der Waals surface area contributed by atoms with Crippen molar-refractivity contribution in [3.05, 3.63) is 29.1 Å². The third kappa shape index (κ3) is 3.10. The predicted octanol–water partition coefficient (Wildman–Crippen LogP) is 1.68. The zero-order valence-corrected chi connectivity index (χ0v) is 11.1. The Morgan fingerprint density at radius 3 is 2.63 bits per heavy atom. The second kappa shape index (κ2) is 5.38. The third-order valence-electron chi connectivity index (χ3n) is 3.59. The van der Waals surface area contributed by atoms with Gasteiger partial charge in [0.05, 0.1) is 17.2 Å². The number of aromatic nitrogens is 1. The van der Waals surface area contributed by atoms with Crippen LogP contribution in [0.1, 0.15) is 41.0 Å². The molecule has 2 atom stereocenters. The number of aryl methyl sites for hydroxylation is 2. The van der Waals surface area contributed by atoms with Gasteiger partial charge in [0.2, 0.25) is 0 Å². The normalized spacial score (nSPS) is 22.2. The van der Waals surface area contributed by atoms with Crippen LogP contribution in [0.3, 0.4) is 0 Å². The van der Waals surface area contributed by atoms with Crippen LogP contribution in [0.4, 0.5) is 0 Å². The van der Waals surface area contributed by atoms with Crippen LogP contribution >= 0.6 is 0 Å². The van der Waals surface area contributed by atoms with Crippen molar-refractivity contribution in [3.8, 4) is 0 Å². The van der Waals surface area contributed by atoms with Gasteiger partial charge in [-0.1, -0.05) is 0 Å². The van der Waals surface area contributed by atoms with E-state index in [-0.39, 0.29) is 17.9 Å². The molecule has 2 N–H and O–H groups in total. The first-order valence-corrected chi connectivity index (χ1v) is 6.45. The standard InChI is InChI=1S/C14H18N2O3/c1-8-3-6-12(9(2)15-8)13(17)16-11-5-4-10(7-11)14(18)19/h3,6,10-11H,4-5,7H2,1-2H3,(H,16,17)(H,18,19)/t10-,11+/m1/s1. The summed E-state index contributed by atoms with van der Waals surface area (Å²) in [5.74, 6) is -1.27. The maximum atomic E-state index is 12.1. The molecule has 1 aliphatic carbocycles. The van der Waals surface area contributed by atoms with Crippen molar-refractivity contribution in [3.63, 3.8) is 0 Å². The first-order chi connectivity index (χ1) is 8.97. The molecule has 1 aromatic heterocycles. The Morgan fingerprint density at radius 1 is 1.32 bits per heavy atom. The Morgan fingerprint density at radius 2 is 2.05 bits per heavy atom. The van der Waals surface area contributed by atoms with Gasteiger partial charge >= 0.3 is 5.97 Å². The number of carboxylic acid groups (broad SMARTS) is 1. The smallest absolute Gasteiger partial charge is 0.306 e. The highest BCUT2D eigenvalue weighted by molar-refractivity contribution is 5.95. The van der Waals surface area contributed by atoms with E-state index in [1.165, 1.54) is 0 Å². The van der Waals surface area contributed by atoms with E-state index in [0.29, 0.717) is 24.1 Å². The number of hydrogen-bond donors (Lipinski definition) is 2. The SMILES string of the molecule is Cc1ccc(C(=O)N[C@H]2CC[C@@H](C(=O)O)C2)c(C)n1. The Hall–Kier alpha value is -1.91. The van der Waals surface area contributed by atoms with Crippen LogP contribution in [0.15, 0.2) is 12.1 Å². The molecular formula is C14H18N2O3. The second-order valence-corrected chi connectivity index (χ2v) is 5.10. The largest absolute Gasteiger partial charge is 0.481 e. The molecule has 19 heavy (non-hydrogen) atoms. The van der Waals surface area contributed by atoms with Crippen LogP contribution in [-0.4, -0.2) is 28.0 Å². The molecule has 0 unspecified atom stereocenters. The van der Waals surface area contributed by atoms with Crippen molar-refractivity contribution in [2.24, 2.45) is 5.92 Å². The molecule has 1 aromatic rings. The molecule has 102 valence electrons. The summed E-state index contributed by atoms with van der Waals surface area (Å²) in [7, 11) is 0. The van der Waals surface area contributed by atoms with E-state index in [1.807, 2.05) is 6.92 Å². The van der Waals surface area contributed by atoms with E-state index in [9.17, 15) is 9.59 Å². The fourth-order valence-corrected chi connectivity index (χ4v) is 2.53. The van der Waals surface area contributed by atoms with Gasteiger partial charge in [-0.15, -0.1) is 0 Å². The topological polar surface area (TPSA) is 79.3 Å². The first-order valence-electron chi connectivity index (χ1n) is 6.45. The number of carboxylic acids is 1. The van der Waals surface area contributed by atoms with Gasteiger partial charge in [-0.25, -0.2) is 0 Å². The lowest BCUT2D eigenvalue weighted by Gasteiger charge is -2.13. The van der Waals surface area contributed by atoms with E-state index < -0.39 is 5.97 Å². The van der Waals surface area contributed by atoms with Crippen LogP contribution in [0, 0.1) is 19.8 Å². The van der Waals surface area contributed by atoms with E-state index in [1.54, 1.807) is 19.1 Å². The molecule has 1 fully saturated rings. The maximum Gasteiger partial charge on any atom is 0.306 e. The molecule has 1 amide bonds. The summed E-state index contributed by atoms with van der Waals surface area (Å²) in [5, 5.41) is 11.8. The van der Waals surface area contributed by atoms with Gasteiger partial charge < -0.3 is 10.4 Å². The van der Waals surface area contributed by atoms with Crippen molar-refractivity contribution in [1.82, 2.24) is 10.3 Å². The summed E-state index contributed by atoms with van der Waals surface area (Å²) in [6.45, 7) is 3.68. The number of rotatable bonds is 3. The van der Waals surface area contributed by atoms with Crippen molar-refractivity contribution >= 4 is 11.9 Å². The Balaban J connectivity index is 2.00. The minimum Gasteiger partial charge on any atom is -0.481 e. The average Bonchev–Trinajstić information content (AvgIpc) is 2.77. The lowest BCUT2D eigenvalue weighted by molar-refractivity contribution is -0.141. The number of hydrogen-bond acceptors (Lipinski definition) is 3. The summed E-state index contributed by atoms with van der Waals surface area (Å²) in [5.41, 5.74) is 2.13. The van der Waals surface area contributed by atoms with Gasteiger partial charge in [-0.2, -0.15) is 0 Å². The summed E-state index contributed by atoms with van der Waals surface area (Å²) >= 11 is 0. The number of carbonyl (C=O) groups excluding carboxylic acids is 1. The highest BCUT2D eigenvalue weighted by Gasteiger charge is 2.30. The number of nitrogens with one attached hydrogen (secondary N) is 1. The van der Waals surface area contributed by atoms with E-state index in [0.717, 1.165) is 12.1 Å². The van der Waals surface area contributed by atoms with E-state index >= 15 is 0 Å². The quantitative estimate of drug-likeness (QED) is 0.868. The summed E-state index contributed by atoms with van der Waals surface area (Å²) < 4.78 is 0. The van der Waals surface area contributed by atoms with Crippen LogP contribution < -0.4 is 5.32 Å². The monoisotopic (exact) mass is 262 g/mol. The maximum absolute atomic E-state index is 12.1. The zero-order chi connectivity index (χ0) is 14.0. The lowest BCUT2D eigenvalue weighted by atomic mass is 10.1. The summed E-state index contributed by atoms with van der Waals surface area (Å²) in [4.78, 5) is 27.2. The highest BCUT2D eigenvalue weighted by Crippen LogP contribution is 2.26. The first kappa shape index (κ1) is 13.5. The molecule has 1 heterocycles. The third-order valence-corrected chi connectivity index (χ3v) is 3.59. The van der Waals surface area contributed by atoms with Gasteiger partial charge in [-0.3, -0.25) is 14.6 Å². The lowest BCUT2D eigenvalue weighted by Crippen LogP contribution is -2.33. The van der Waals surface area contributed by atoms with Gasteiger partial charge in [0.25, 0.3) is 5.91 Å². The van der Waals surface area contributed by atoms with Crippen LogP contribution in [-0.2, 0) is 4.79 Å². The number of carbonyl (C=O) groups is 2. The van der Waals surface area contributed by atoms with Gasteiger partial charge in [0.15, 0.2) is 0 Å². The molecule has 0 aromatic carbocycles. The zero-order valence-electron chi connectivity index (χ0n) is 11.1. The highest BCUT2D eigenvalue weighted by atomic mass is 16.4. The number of pyridine rings is 1. The Kier molecular flexibility index (Phi) is 3.83. The van der Waals surface area contributed by atoms with Crippen LogP contribution in [0.2, 0.25) is 0 Å². The second-order valence-electron chi connectivity index (χ2n) is 5.10. The minimum atomic E-state index is -0.773. The van der Waals surface area contributed by atoms with Crippen LogP contribution in [0.25, 0.3) is 0 Å². The summed E-state index contributed by atoms with van der Waals surface area (Å²) in [6.07, 6.45) is 1.87. The number of amides is 1. The van der Waals surface area contributed by atoms with Crippen molar-refractivity contribution in [2.45, 2.75) is 39.2 Å². The predicted molar refractivity (Wildman–Crippen MR) is 69.9 cm³/mol. The molecule has 5 heteroatoms. The van der Waals surface area contributed by atoms with Crippen LogP contribution in [0.5, 0.6) is 0 Å². The van der Waals surface area contributed by atoms with Gasteiger partial charge in [-0.05, 0) is 45.2 Å². The molecule has 0 radical (unpaired) electrons.